The average molecular weight is 399 g/mol. The van der Waals surface area contributed by atoms with Crippen molar-refractivity contribution >= 4 is 48.9 Å². The second-order valence-corrected chi connectivity index (χ2v) is 6.15. The molecule has 0 radical (unpaired) electrons. The fraction of sp³-hybridized carbons (Fsp3) is 0.600. The normalized spacial score (nSPS) is 18.5. The van der Waals surface area contributed by atoms with Crippen LogP contribution in [0.1, 0.15) is 18.4 Å². The van der Waals surface area contributed by atoms with Crippen molar-refractivity contribution in [2.45, 2.75) is 24.9 Å². The number of anilines is 1. The molecule has 2 aliphatic rings. The first kappa shape index (κ1) is 23.2. The van der Waals surface area contributed by atoms with Crippen LogP contribution in [0.15, 0.2) is 18.3 Å². The Hall–Kier alpha value is -0.790. The predicted octanol–water partition coefficient (Wildman–Crippen LogP) is 1.21. The lowest BCUT2D eigenvalue weighted by Gasteiger charge is -2.33. The SMILES string of the molecule is CN1CCN(c2ccc(CNC(=O)C3(N)CC3)cn2)CC1.Cl.Cl.Cl. The van der Waals surface area contributed by atoms with Crippen LogP contribution in [0, 0.1) is 0 Å². The topological polar surface area (TPSA) is 74.5 Å². The summed E-state index contributed by atoms with van der Waals surface area (Å²) in [6, 6.07) is 4.05. The average Bonchev–Trinajstić information content (AvgIpc) is 3.25. The molecule has 3 N–H and O–H groups in total. The number of nitrogens with zero attached hydrogens (tertiary/aromatic N) is 3. The molecule has 2 fully saturated rings. The molecule has 9 heteroatoms. The second-order valence-electron chi connectivity index (χ2n) is 6.15. The zero-order valence-electron chi connectivity index (χ0n) is 13.7. The van der Waals surface area contributed by atoms with Crippen LogP contribution in [0.2, 0.25) is 0 Å². The summed E-state index contributed by atoms with van der Waals surface area (Å²) in [6.07, 6.45) is 3.42. The monoisotopic (exact) mass is 397 g/mol. The quantitative estimate of drug-likeness (QED) is 0.797. The number of halogens is 3. The molecule has 2 heterocycles. The smallest absolute Gasteiger partial charge is 0.240 e. The molecule has 6 nitrogen and oxygen atoms in total. The second kappa shape index (κ2) is 9.63. The van der Waals surface area contributed by atoms with E-state index in [1.807, 2.05) is 18.3 Å². The number of aromatic nitrogens is 1. The van der Waals surface area contributed by atoms with Crippen LogP contribution < -0.4 is 16.0 Å². The number of nitrogens with two attached hydrogens (primary N) is 1. The zero-order chi connectivity index (χ0) is 14.9. The van der Waals surface area contributed by atoms with Crippen molar-refractivity contribution < 1.29 is 4.79 Å². The minimum Gasteiger partial charge on any atom is -0.354 e. The number of amides is 1. The Morgan fingerprint density at radius 1 is 1.21 bits per heavy atom. The molecule has 0 bridgehead atoms. The molecule has 1 aliphatic carbocycles. The highest BCUT2D eigenvalue weighted by molar-refractivity contribution is 5.88. The first-order valence-electron chi connectivity index (χ1n) is 7.52. The number of pyridine rings is 1. The summed E-state index contributed by atoms with van der Waals surface area (Å²) < 4.78 is 0. The van der Waals surface area contributed by atoms with Crippen LogP contribution in [0.4, 0.5) is 5.82 Å². The van der Waals surface area contributed by atoms with E-state index in [0.29, 0.717) is 6.54 Å². The zero-order valence-corrected chi connectivity index (χ0v) is 16.2. The van der Waals surface area contributed by atoms with Crippen molar-refractivity contribution in [1.29, 1.82) is 0 Å². The van der Waals surface area contributed by atoms with Crippen LogP contribution in [0.25, 0.3) is 0 Å². The molecule has 0 atom stereocenters. The van der Waals surface area contributed by atoms with Gasteiger partial charge in [-0.15, -0.1) is 37.2 Å². The molecule has 1 aromatic heterocycles. The Balaban J connectivity index is 0.00000176. The van der Waals surface area contributed by atoms with E-state index in [1.54, 1.807) is 0 Å². The van der Waals surface area contributed by atoms with Crippen LogP contribution in [0.5, 0.6) is 0 Å². The largest absolute Gasteiger partial charge is 0.354 e. The molecule has 24 heavy (non-hydrogen) atoms. The van der Waals surface area contributed by atoms with Gasteiger partial charge in [0.2, 0.25) is 5.91 Å². The highest BCUT2D eigenvalue weighted by atomic mass is 35.5. The van der Waals surface area contributed by atoms with Crippen LogP contribution >= 0.6 is 37.2 Å². The predicted molar refractivity (Wildman–Crippen MR) is 104 cm³/mol. The summed E-state index contributed by atoms with van der Waals surface area (Å²) in [5, 5.41) is 2.88. The number of hydrogen-bond acceptors (Lipinski definition) is 5. The van der Waals surface area contributed by atoms with Crippen molar-refractivity contribution in [3.8, 4) is 0 Å². The van der Waals surface area contributed by atoms with Gasteiger partial charge in [-0.3, -0.25) is 4.79 Å². The molecule has 0 aromatic carbocycles. The highest BCUT2D eigenvalue weighted by Crippen LogP contribution is 2.32. The summed E-state index contributed by atoms with van der Waals surface area (Å²) in [7, 11) is 2.14. The number of piperazine rings is 1. The fourth-order valence-corrected chi connectivity index (χ4v) is 2.46. The van der Waals surface area contributed by atoms with E-state index in [0.717, 1.165) is 50.4 Å². The number of nitrogens with one attached hydrogen (secondary N) is 1. The summed E-state index contributed by atoms with van der Waals surface area (Å²) in [5.41, 5.74) is 6.25. The van der Waals surface area contributed by atoms with E-state index in [1.165, 1.54) is 0 Å². The maximum atomic E-state index is 11.8. The Morgan fingerprint density at radius 2 is 1.83 bits per heavy atom. The lowest BCUT2D eigenvalue weighted by Crippen LogP contribution is -2.44. The van der Waals surface area contributed by atoms with Crippen LogP contribution in [-0.2, 0) is 11.3 Å². The number of likely N-dealkylation sites (N-methyl/N-ethyl adjacent to an activating group) is 1. The Labute approximate surface area is 161 Å². The van der Waals surface area contributed by atoms with Gasteiger partial charge >= 0.3 is 0 Å². The van der Waals surface area contributed by atoms with E-state index in [2.05, 4.69) is 27.1 Å². The van der Waals surface area contributed by atoms with Gasteiger partial charge < -0.3 is 20.9 Å². The molecule has 3 rings (SSSR count). The van der Waals surface area contributed by atoms with Gasteiger partial charge in [0.1, 0.15) is 5.82 Å². The molecular formula is C15H26Cl3N5O. The van der Waals surface area contributed by atoms with E-state index in [-0.39, 0.29) is 43.1 Å². The third-order valence-corrected chi connectivity index (χ3v) is 4.33. The third-order valence-electron chi connectivity index (χ3n) is 4.33. The summed E-state index contributed by atoms with van der Waals surface area (Å²) >= 11 is 0. The van der Waals surface area contributed by atoms with E-state index in [9.17, 15) is 4.79 Å². The Kier molecular flexibility index (Phi) is 9.31. The van der Waals surface area contributed by atoms with Gasteiger partial charge in [-0.2, -0.15) is 0 Å². The van der Waals surface area contributed by atoms with Gasteiger partial charge in [0.25, 0.3) is 0 Å². The highest BCUT2D eigenvalue weighted by Gasteiger charge is 2.45. The minimum absolute atomic E-state index is 0. The van der Waals surface area contributed by atoms with Crippen LogP contribution in [-0.4, -0.2) is 54.6 Å². The van der Waals surface area contributed by atoms with Gasteiger partial charge in [0.05, 0.1) is 5.54 Å². The van der Waals surface area contributed by atoms with Crippen LogP contribution in [0.3, 0.4) is 0 Å². The maximum absolute atomic E-state index is 11.8. The van der Waals surface area contributed by atoms with Gasteiger partial charge in [-0.05, 0) is 31.5 Å². The summed E-state index contributed by atoms with van der Waals surface area (Å²) in [4.78, 5) is 20.9. The van der Waals surface area contributed by atoms with Crippen molar-refractivity contribution in [3.63, 3.8) is 0 Å². The standard InChI is InChI=1S/C15H23N5O.3ClH/c1-19-6-8-20(9-7-19)13-3-2-12(10-17-13)11-18-14(21)15(16)4-5-15;;;/h2-3,10H,4-9,11,16H2,1H3,(H,18,21);3*1H. The maximum Gasteiger partial charge on any atom is 0.240 e. The number of hydrogen-bond donors (Lipinski definition) is 2. The molecule has 1 aliphatic heterocycles. The summed E-state index contributed by atoms with van der Waals surface area (Å²) in [6.45, 7) is 4.65. The van der Waals surface area contributed by atoms with E-state index < -0.39 is 5.54 Å². The third kappa shape index (κ3) is 5.63. The summed E-state index contributed by atoms with van der Waals surface area (Å²) in [5.74, 6) is 0.960. The molecule has 0 unspecified atom stereocenters. The van der Waals surface area contributed by atoms with Crippen molar-refractivity contribution in [1.82, 2.24) is 15.2 Å². The van der Waals surface area contributed by atoms with Gasteiger partial charge in [0.15, 0.2) is 0 Å². The van der Waals surface area contributed by atoms with Gasteiger partial charge in [-0.25, -0.2) is 4.98 Å². The molecule has 0 spiro atoms. The van der Waals surface area contributed by atoms with Gasteiger partial charge in [0, 0.05) is 38.9 Å². The molecule has 1 saturated carbocycles. The molecular weight excluding hydrogens is 373 g/mol. The fourth-order valence-electron chi connectivity index (χ4n) is 2.46. The molecule has 1 amide bonds. The number of rotatable bonds is 4. The molecule has 1 saturated heterocycles. The number of carbonyl (C=O) groups is 1. The molecule has 1 aromatic rings. The van der Waals surface area contributed by atoms with Gasteiger partial charge in [-0.1, -0.05) is 6.07 Å². The minimum atomic E-state index is -0.604. The lowest BCUT2D eigenvalue weighted by atomic mass is 10.2. The van der Waals surface area contributed by atoms with E-state index in [4.69, 9.17) is 5.73 Å². The first-order chi connectivity index (χ1) is 10.1. The number of carbonyl (C=O) groups excluding carboxylic acids is 1. The van der Waals surface area contributed by atoms with Crippen molar-refractivity contribution in [3.05, 3.63) is 23.9 Å². The van der Waals surface area contributed by atoms with Crippen molar-refractivity contribution in [2.75, 3.05) is 38.1 Å². The van der Waals surface area contributed by atoms with E-state index >= 15 is 0 Å². The molecule has 138 valence electrons. The Bertz CT molecular complexity index is 516. The lowest BCUT2D eigenvalue weighted by molar-refractivity contribution is -0.123. The Morgan fingerprint density at radius 3 is 2.33 bits per heavy atom. The first-order valence-corrected chi connectivity index (χ1v) is 7.52. The van der Waals surface area contributed by atoms with Crippen molar-refractivity contribution in [2.24, 2.45) is 5.73 Å².